The highest BCUT2D eigenvalue weighted by Crippen LogP contribution is 2.25. The van der Waals surface area contributed by atoms with Gasteiger partial charge in [-0.1, -0.05) is 17.7 Å². The van der Waals surface area contributed by atoms with Crippen molar-refractivity contribution >= 4 is 23.2 Å². The van der Waals surface area contributed by atoms with Crippen LogP contribution in [0.5, 0.6) is 5.75 Å². The number of rotatable bonds is 5. The number of nitrogens with one attached hydrogen (secondary N) is 1. The molecule has 0 radical (unpaired) electrons. The van der Waals surface area contributed by atoms with Crippen molar-refractivity contribution in [1.29, 1.82) is 0 Å². The first-order chi connectivity index (χ1) is 12.4. The minimum atomic E-state index is -1.08. The monoisotopic (exact) mass is 371 g/mol. The number of halogens is 1. The Balaban J connectivity index is 1.78. The second-order valence-corrected chi connectivity index (χ2v) is 6.66. The zero-order chi connectivity index (χ0) is 18.7. The molecule has 26 heavy (non-hydrogen) atoms. The molecule has 0 aliphatic carbocycles. The lowest BCUT2D eigenvalue weighted by Gasteiger charge is -2.26. The van der Waals surface area contributed by atoms with E-state index < -0.39 is 5.60 Å². The normalized spacial score (nSPS) is 11.2. The van der Waals surface area contributed by atoms with Crippen molar-refractivity contribution in [3.05, 3.63) is 59.4 Å². The Morgan fingerprint density at radius 2 is 1.92 bits per heavy atom. The first-order valence-corrected chi connectivity index (χ1v) is 8.33. The molecule has 0 saturated carbocycles. The summed E-state index contributed by atoms with van der Waals surface area (Å²) in [5, 5.41) is 14.7. The summed E-state index contributed by atoms with van der Waals surface area (Å²) in [4.78, 5) is 12.7. The number of carbonyl (C=O) groups is 1. The van der Waals surface area contributed by atoms with Crippen molar-refractivity contribution in [1.82, 2.24) is 20.2 Å². The molecule has 1 amide bonds. The molecule has 0 fully saturated rings. The van der Waals surface area contributed by atoms with E-state index in [4.69, 9.17) is 16.3 Å². The molecule has 1 N–H and O–H groups in total. The molecule has 0 aliphatic heterocycles. The van der Waals surface area contributed by atoms with E-state index in [0.717, 1.165) is 11.3 Å². The van der Waals surface area contributed by atoms with Crippen LogP contribution in [-0.4, -0.2) is 31.7 Å². The van der Waals surface area contributed by atoms with E-state index in [1.54, 1.807) is 42.8 Å². The van der Waals surface area contributed by atoms with Gasteiger partial charge in [0.2, 0.25) is 0 Å². The predicted molar refractivity (Wildman–Crippen MR) is 98.7 cm³/mol. The van der Waals surface area contributed by atoms with Gasteiger partial charge in [0.1, 0.15) is 12.1 Å². The van der Waals surface area contributed by atoms with Gasteiger partial charge in [0, 0.05) is 10.7 Å². The number of tetrazole rings is 1. The summed E-state index contributed by atoms with van der Waals surface area (Å²) in [5.41, 5.74) is 1.21. The van der Waals surface area contributed by atoms with Crippen LogP contribution in [0.4, 0.5) is 5.69 Å². The molecule has 1 heterocycles. The van der Waals surface area contributed by atoms with E-state index in [9.17, 15) is 4.79 Å². The highest BCUT2D eigenvalue weighted by atomic mass is 35.5. The van der Waals surface area contributed by atoms with Gasteiger partial charge in [-0.25, -0.2) is 4.68 Å². The maximum Gasteiger partial charge on any atom is 0.267 e. The van der Waals surface area contributed by atoms with Gasteiger partial charge in [0.15, 0.2) is 5.60 Å². The zero-order valence-electron chi connectivity index (χ0n) is 14.6. The van der Waals surface area contributed by atoms with Gasteiger partial charge in [-0.05, 0) is 73.2 Å². The fraction of sp³-hybridized carbons (Fsp3) is 0.222. The quantitative estimate of drug-likeness (QED) is 0.743. The third-order valence-corrected chi connectivity index (χ3v) is 4.13. The van der Waals surface area contributed by atoms with Gasteiger partial charge in [0.25, 0.3) is 5.91 Å². The first-order valence-electron chi connectivity index (χ1n) is 7.96. The predicted octanol–water partition coefficient (Wildman–Crippen LogP) is 3.42. The largest absolute Gasteiger partial charge is 0.478 e. The fourth-order valence-electron chi connectivity index (χ4n) is 2.40. The van der Waals surface area contributed by atoms with Crippen molar-refractivity contribution in [3.8, 4) is 11.4 Å². The Kier molecular flexibility index (Phi) is 4.90. The smallest absolute Gasteiger partial charge is 0.267 e. The second kappa shape index (κ2) is 7.13. The number of amides is 1. The first kappa shape index (κ1) is 17.9. The molecule has 3 aromatic rings. The summed E-state index contributed by atoms with van der Waals surface area (Å²) in [6.45, 7) is 5.30. The molecule has 0 aliphatic rings. The van der Waals surface area contributed by atoms with Crippen molar-refractivity contribution in [2.45, 2.75) is 26.4 Å². The summed E-state index contributed by atoms with van der Waals surface area (Å²) in [5.74, 6) is 0.290. The van der Waals surface area contributed by atoms with E-state index in [0.29, 0.717) is 16.5 Å². The Hall–Kier alpha value is -2.93. The number of hydrogen-bond donors (Lipinski definition) is 1. The van der Waals surface area contributed by atoms with Gasteiger partial charge < -0.3 is 10.1 Å². The Morgan fingerprint density at radius 3 is 2.58 bits per heavy atom. The number of anilines is 1. The highest BCUT2D eigenvalue weighted by molar-refractivity contribution is 6.30. The molecule has 8 heteroatoms. The van der Waals surface area contributed by atoms with Gasteiger partial charge >= 0.3 is 0 Å². The maximum absolute atomic E-state index is 12.7. The second-order valence-electron chi connectivity index (χ2n) is 6.22. The number of carbonyl (C=O) groups excluding carboxylic acids is 1. The van der Waals surface area contributed by atoms with E-state index in [1.165, 1.54) is 6.33 Å². The van der Waals surface area contributed by atoms with Crippen LogP contribution in [0.2, 0.25) is 5.02 Å². The summed E-state index contributed by atoms with van der Waals surface area (Å²) in [7, 11) is 0. The number of aromatic nitrogens is 4. The van der Waals surface area contributed by atoms with Crippen molar-refractivity contribution in [2.24, 2.45) is 0 Å². The van der Waals surface area contributed by atoms with Gasteiger partial charge in [-0.2, -0.15) is 0 Å². The Labute approximate surface area is 155 Å². The van der Waals surface area contributed by atoms with Crippen LogP contribution >= 0.6 is 11.6 Å². The molecule has 3 rings (SSSR count). The molecule has 7 nitrogen and oxygen atoms in total. The van der Waals surface area contributed by atoms with Crippen molar-refractivity contribution < 1.29 is 9.53 Å². The summed E-state index contributed by atoms with van der Waals surface area (Å²) >= 11 is 5.88. The number of ether oxygens (including phenoxy) is 1. The average Bonchev–Trinajstić information content (AvgIpc) is 3.13. The summed E-state index contributed by atoms with van der Waals surface area (Å²) in [6, 6.07) is 12.4. The van der Waals surface area contributed by atoms with Crippen LogP contribution < -0.4 is 10.1 Å². The van der Waals surface area contributed by atoms with Gasteiger partial charge in [0.05, 0.1) is 5.69 Å². The van der Waals surface area contributed by atoms with E-state index in [1.807, 2.05) is 25.1 Å². The lowest BCUT2D eigenvalue weighted by atomic mass is 10.1. The molecule has 0 atom stereocenters. The minimum Gasteiger partial charge on any atom is -0.478 e. The van der Waals surface area contributed by atoms with Crippen LogP contribution in [-0.2, 0) is 4.79 Å². The van der Waals surface area contributed by atoms with Crippen LogP contribution in [0.3, 0.4) is 0 Å². The molecule has 0 saturated heterocycles. The minimum absolute atomic E-state index is 0.274. The number of benzene rings is 2. The third kappa shape index (κ3) is 3.83. The fourth-order valence-corrected chi connectivity index (χ4v) is 2.52. The number of hydrogen-bond acceptors (Lipinski definition) is 5. The van der Waals surface area contributed by atoms with Crippen LogP contribution in [0.15, 0.2) is 48.8 Å². The average molecular weight is 372 g/mol. The van der Waals surface area contributed by atoms with Gasteiger partial charge in [-0.3, -0.25) is 4.79 Å². The van der Waals surface area contributed by atoms with E-state index >= 15 is 0 Å². The maximum atomic E-state index is 12.7. The van der Waals surface area contributed by atoms with Crippen molar-refractivity contribution in [3.63, 3.8) is 0 Å². The standard InChI is InChI=1S/C18H18ClN5O2/c1-12-15(5-4-6-16(12)24-11-20-22-23-24)21-17(25)18(2,3)26-14-9-7-13(19)8-10-14/h4-11H,1-3H3,(H,21,25). The van der Waals surface area contributed by atoms with Crippen LogP contribution in [0, 0.1) is 6.92 Å². The number of nitrogens with zero attached hydrogens (tertiary/aromatic N) is 4. The van der Waals surface area contributed by atoms with Crippen LogP contribution in [0.1, 0.15) is 19.4 Å². The molecule has 134 valence electrons. The molecular formula is C18H18ClN5O2. The highest BCUT2D eigenvalue weighted by Gasteiger charge is 2.30. The van der Waals surface area contributed by atoms with E-state index in [2.05, 4.69) is 20.8 Å². The molecule has 2 aromatic carbocycles. The third-order valence-electron chi connectivity index (χ3n) is 3.88. The van der Waals surface area contributed by atoms with E-state index in [-0.39, 0.29) is 5.91 Å². The Bertz CT molecular complexity index is 908. The summed E-state index contributed by atoms with van der Waals surface area (Å²) in [6.07, 6.45) is 1.50. The molecule has 0 spiro atoms. The molecule has 1 aromatic heterocycles. The Morgan fingerprint density at radius 1 is 1.19 bits per heavy atom. The van der Waals surface area contributed by atoms with Gasteiger partial charge in [-0.15, -0.1) is 5.10 Å². The SMILES string of the molecule is Cc1c(NC(=O)C(C)(C)Oc2ccc(Cl)cc2)cccc1-n1cnnn1. The lowest BCUT2D eigenvalue weighted by Crippen LogP contribution is -2.42. The lowest BCUT2D eigenvalue weighted by molar-refractivity contribution is -0.128. The van der Waals surface area contributed by atoms with Crippen LogP contribution in [0.25, 0.3) is 5.69 Å². The molecular weight excluding hydrogens is 354 g/mol. The molecule has 0 unspecified atom stereocenters. The topological polar surface area (TPSA) is 81.9 Å². The molecule has 0 bridgehead atoms. The summed E-state index contributed by atoms with van der Waals surface area (Å²) < 4.78 is 7.37. The zero-order valence-corrected chi connectivity index (χ0v) is 15.4. The van der Waals surface area contributed by atoms with Crippen molar-refractivity contribution in [2.75, 3.05) is 5.32 Å².